The van der Waals surface area contributed by atoms with Gasteiger partial charge < -0.3 is 4.74 Å². The van der Waals surface area contributed by atoms with Crippen LogP contribution in [0.2, 0.25) is 0 Å². The first-order valence-corrected chi connectivity index (χ1v) is 7.68. The first kappa shape index (κ1) is 13.5. The predicted molar refractivity (Wildman–Crippen MR) is 81.1 cm³/mol. The Morgan fingerprint density at radius 1 is 1.40 bits per heavy atom. The number of hydrazine groups is 1. The minimum atomic E-state index is 0.399. The van der Waals surface area contributed by atoms with Gasteiger partial charge >= 0.3 is 0 Å². The Hall–Kier alpha value is -1.44. The number of nitrogens with zero attached hydrogens (tertiary/aromatic N) is 3. The lowest BCUT2D eigenvalue weighted by Crippen LogP contribution is -2.25. The summed E-state index contributed by atoms with van der Waals surface area (Å²) >= 11 is 1.62. The molecule has 0 aliphatic carbocycles. The molecule has 6 nitrogen and oxygen atoms in total. The SMILES string of the molecule is Cc1cc2c(OCCN3CCCC3)nc(NN)nc2s1. The fourth-order valence-corrected chi connectivity index (χ4v) is 3.34. The lowest BCUT2D eigenvalue weighted by atomic mass is 10.3. The van der Waals surface area contributed by atoms with E-state index in [2.05, 4.69) is 33.3 Å². The summed E-state index contributed by atoms with van der Waals surface area (Å²) in [7, 11) is 0. The van der Waals surface area contributed by atoms with Crippen LogP contribution in [0.4, 0.5) is 5.95 Å². The molecule has 0 bridgehead atoms. The second-order valence-electron chi connectivity index (χ2n) is 4.97. The van der Waals surface area contributed by atoms with Gasteiger partial charge in [-0.15, -0.1) is 11.3 Å². The number of nitrogens with one attached hydrogen (secondary N) is 1. The van der Waals surface area contributed by atoms with Gasteiger partial charge in [0.05, 0.1) is 5.39 Å². The van der Waals surface area contributed by atoms with Gasteiger partial charge in [-0.25, -0.2) is 10.8 Å². The number of aromatic nitrogens is 2. The number of hydrogen-bond acceptors (Lipinski definition) is 7. The van der Waals surface area contributed by atoms with Crippen LogP contribution in [0, 0.1) is 6.92 Å². The lowest BCUT2D eigenvalue weighted by Gasteiger charge is -2.15. The van der Waals surface area contributed by atoms with E-state index >= 15 is 0 Å². The van der Waals surface area contributed by atoms with E-state index in [4.69, 9.17) is 10.6 Å². The van der Waals surface area contributed by atoms with Crippen LogP contribution in [-0.2, 0) is 0 Å². The molecule has 20 heavy (non-hydrogen) atoms. The molecule has 0 saturated carbocycles. The molecule has 0 aromatic carbocycles. The standard InChI is InChI=1S/C13H19N5OS/c1-9-8-10-11(15-13(17-14)16-12(10)20-9)19-7-6-18-4-2-3-5-18/h8H,2-7,14H2,1H3,(H,15,16,17). The van der Waals surface area contributed by atoms with Gasteiger partial charge in [0.1, 0.15) is 11.4 Å². The molecule has 3 rings (SSSR count). The minimum Gasteiger partial charge on any atom is -0.476 e. The van der Waals surface area contributed by atoms with Gasteiger partial charge in [-0.1, -0.05) is 0 Å². The van der Waals surface area contributed by atoms with Crippen molar-refractivity contribution in [2.24, 2.45) is 5.84 Å². The first-order chi connectivity index (χ1) is 9.76. The van der Waals surface area contributed by atoms with Crippen molar-refractivity contribution < 1.29 is 4.74 Å². The number of rotatable bonds is 5. The topological polar surface area (TPSA) is 76.3 Å². The number of nitrogens with two attached hydrogens (primary N) is 1. The summed E-state index contributed by atoms with van der Waals surface area (Å²) in [6.45, 7) is 5.99. The number of anilines is 1. The van der Waals surface area contributed by atoms with Crippen LogP contribution in [0.15, 0.2) is 6.07 Å². The van der Waals surface area contributed by atoms with Gasteiger partial charge in [-0.3, -0.25) is 10.3 Å². The highest BCUT2D eigenvalue weighted by molar-refractivity contribution is 7.18. The largest absolute Gasteiger partial charge is 0.476 e. The highest BCUT2D eigenvalue weighted by atomic mass is 32.1. The van der Waals surface area contributed by atoms with Crippen molar-refractivity contribution in [2.75, 3.05) is 31.7 Å². The molecule has 1 saturated heterocycles. The maximum absolute atomic E-state index is 5.86. The van der Waals surface area contributed by atoms with E-state index < -0.39 is 0 Å². The van der Waals surface area contributed by atoms with Crippen molar-refractivity contribution in [1.82, 2.24) is 14.9 Å². The molecule has 108 valence electrons. The number of nitrogen functional groups attached to an aromatic ring is 1. The highest BCUT2D eigenvalue weighted by Crippen LogP contribution is 2.30. The molecule has 1 aliphatic heterocycles. The molecule has 2 aromatic heterocycles. The van der Waals surface area contributed by atoms with E-state index in [1.807, 2.05) is 0 Å². The van der Waals surface area contributed by atoms with Crippen LogP contribution in [0.25, 0.3) is 10.2 Å². The number of fused-ring (bicyclic) bond motifs is 1. The third-order valence-electron chi connectivity index (χ3n) is 3.46. The van der Waals surface area contributed by atoms with Gasteiger partial charge in [0, 0.05) is 11.4 Å². The third-order valence-corrected chi connectivity index (χ3v) is 4.40. The zero-order valence-electron chi connectivity index (χ0n) is 11.6. The fraction of sp³-hybridized carbons (Fsp3) is 0.538. The zero-order valence-corrected chi connectivity index (χ0v) is 12.4. The monoisotopic (exact) mass is 293 g/mol. The van der Waals surface area contributed by atoms with E-state index in [1.54, 1.807) is 11.3 Å². The molecule has 1 aliphatic rings. The molecule has 0 amide bonds. The second-order valence-corrected chi connectivity index (χ2v) is 6.20. The Morgan fingerprint density at radius 3 is 2.95 bits per heavy atom. The summed E-state index contributed by atoms with van der Waals surface area (Å²) < 4.78 is 5.86. The Balaban J connectivity index is 1.74. The molecule has 1 fully saturated rings. The molecular weight excluding hydrogens is 274 g/mol. The predicted octanol–water partition coefficient (Wildman–Crippen LogP) is 1.76. The Morgan fingerprint density at radius 2 is 2.20 bits per heavy atom. The Kier molecular flexibility index (Phi) is 4.00. The molecule has 2 aromatic rings. The molecule has 0 unspecified atom stereocenters. The molecule has 0 spiro atoms. The summed E-state index contributed by atoms with van der Waals surface area (Å²) in [4.78, 5) is 13.2. The minimum absolute atomic E-state index is 0.399. The van der Waals surface area contributed by atoms with Crippen LogP contribution in [-0.4, -0.2) is 41.1 Å². The number of thiophene rings is 1. The maximum Gasteiger partial charge on any atom is 0.241 e. The van der Waals surface area contributed by atoms with Crippen LogP contribution in [0.3, 0.4) is 0 Å². The van der Waals surface area contributed by atoms with Crippen molar-refractivity contribution in [2.45, 2.75) is 19.8 Å². The molecule has 0 radical (unpaired) electrons. The van der Waals surface area contributed by atoms with Gasteiger partial charge in [0.15, 0.2) is 0 Å². The van der Waals surface area contributed by atoms with E-state index in [9.17, 15) is 0 Å². The highest BCUT2D eigenvalue weighted by Gasteiger charge is 2.14. The van der Waals surface area contributed by atoms with E-state index in [0.717, 1.165) is 16.8 Å². The van der Waals surface area contributed by atoms with E-state index in [0.29, 0.717) is 18.4 Å². The fourth-order valence-electron chi connectivity index (χ4n) is 2.47. The average Bonchev–Trinajstić information content (AvgIpc) is 3.06. The Bertz CT molecular complexity index is 594. The number of likely N-dealkylation sites (tertiary alicyclic amines) is 1. The van der Waals surface area contributed by atoms with Crippen molar-refractivity contribution >= 4 is 27.5 Å². The normalized spacial score (nSPS) is 15.9. The molecule has 0 atom stereocenters. The molecule has 7 heteroatoms. The smallest absolute Gasteiger partial charge is 0.241 e. The summed E-state index contributed by atoms with van der Waals surface area (Å²) in [6, 6.07) is 2.06. The van der Waals surface area contributed by atoms with Gasteiger partial charge in [-0.05, 0) is 38.9 Å². The second kappa shape index (κ2) is 5.90. The average molecular weight is 293 g/mol. The van der Waals surface area contributed by atoms with E-state index in [-0.39, 0.29) is 0 Å². The van der Waals surface area contributed by atoms with Crippen molar-refractivity contribution in [3.05, 3.63) is 10.9 Å². The summed E-state index contributed by atoms with van der Waals surface area (Å²) in [6.07, 6.45) is 2.59. The maximum atomic E-state index is 5.86. The number of ether oxygens (including phenoxy) is 1. The Labute approximate surface area is 121 Å². The summed E-state index contributed by atoms with van der Waals surface area (Å²) in [5, 5.41) is 0.966. The summed E-state index contributed by atoms with van der Waals surface area (Å²) in [5.41, 5.74) is 2.49. The zero-order chi connectivity index (χ0) is 13.9. The number of hydrogen-bond donors (Lipinski definition) is 2. The molecule has 3 N–H and O–H groups in total. The third kappa shape index (κ3) is 2.84. The van der Waals surface area contributed by atoms with E-state index in [1.165, 1.54) is 30.8 Å². The van der Waals surface area contributed by atoms with Crippen molar-refractivity contribution in [3.63, 3.8) is 0 Å². The van der Waals surface area contributed by atoms with Crippen LogP contribution < -0.4 is 16.0 Å². The lowest BCUT2D eigenvalue weighted by molar-refractivity contribution is 0.234. The van der Waals surface area contributed by atoms with Gasteiger partial charge in [0.25, 0.3) is 0 Å². The summed E-state index contributed by atoms with van der Waals surface area (Å²) in [5.74, 6) is 6.43. The van der Waals surface area contributed by atoms with Crippen LogP contribution in [0.5, 0.6) is 5.88 Å². The van der Waals surface area contributed by atoms with Crippen LogP contribution >= 0.6 is 11.3 Å². The molecule has 3 heterocycles. The van der Waals surface area contributed by atoms with Crippen molar-refractivity contribution in [3.8, 4) is 5.88 Å². The van der Waals surface area contributed by atoms with Crippen LogP contribution in [0.1, 0.15) is 17.7 Å². The quantitative estimate of drug-likeness (QED) is 0.646. The number of aryl methyl sites for hydroxylation is 1. The first-order valence-electron chi connectivity index (χ1n) is 6.86. The van der Waals surface area contributed by atoms with Crippen molar-refractivity contribution in [1.29, 1.82) is 0 Å². The van der Waals surface area contributed by atoms with Gasteiger partial charge in [-0.2, -0.15) is 4.98 Å². The molecular formula is C13H19N5OS. The van der Waals surface area contributed by atoms with Gasteiger partial charge in [0.2, 0.25) is 11.8 Å².